The zero-order chi connectivity index (χ0) is 21.9. The molecule has 0 radical (unpaired) electrons. The van der Waals surface area contributed by atoms with E-state index in [2.05, 4.69) is 32.6 Å². The smallest absolute Gasteiger partial charge is 0.347 e. The summed E-state index contributed by atoms with van der Waals surface area (Å²) in [5.74, 6) is 0.713. The van der Waals surface area contributed by atoms with Crippen LogP contribution in [0.3, 0.4) is 0 Å². The first-order chi connectivity index (χ1) is 14.3. The largest absolute Gasteiger partial charge is 0.492 e. The van der Waals surface area contributed by atoms with Crippen molar-refractivity contribution in [1.29, 1.82) is 0 Å². The lowest BCUT2D eigenvalue weighted by Gasteiger charge is -2.34. The van der Waals surface area contributed by atoms with Gasteiger partial charge in [0.25, 0.3) is 0 Å². The molecule has 3 rings (SSSR count). The average molecular weight is 430 g/mol. The number of ether oxygens (including phenoxy) is 2. The number of rotatable bonds is 8. The Kier molecular flexibility index (Phi) is 7.10. The zero-order valence-electron chi connectivity index (χ0n) is 18.7. The molecular formula is C25H32ClNO3. The van der Waals surface area contributed by atoms with E-state index in [9.17, 15) is 4.79 Å². The minimum atomic E-state index is -0.428. The highest BCUT2D eigenvalue weighted by Crippen LogP contribution is 2.44. The van der Waals surface area contributed by atoms with Gasteiger partial charge in [0.05, 0.1) is 6.61 Å². The number of fused-ring (bicyclic) bond motifs is 1. The quantitative estimate of drug-likeness (QED) is 0.271. The number of hydrogen-bond acceptors (Lipinski definition) is 4. The van der Waals surface area contributed by atoms with Crippen LogP contribution >= 0.6 is 11.6 Å². The van der Waals surface area contributed by atoms with Crippen molar-refractivity contribution in [2.24, 2.45) is 0 Å². The fourth-order valence-electron chi connectivity index (χ4n) is 3.72. The average Bonchev–Trinajstić information content (AvgIpc) is 3.19. The van der Waals surface area contributed by atoms with E-state index < -0.39 is 5.97 Å². The number of hydrogen-bond donors (Lipinski definition) is 0. The molecule has 1 heterocycles. The Balaban J connectivity index is 2.05. The second kappa shape index (κ2) is 9.40. The topological polar surface area (TPSA) is 38.8 Å². The van der Waals surface area contributed by atoms with E-state index in [4.69, 9.17) is 21.1 Å². The molecule has 0 amide bonds. The number of benzene rings is 2. The number of carbonyl (C=O) groups excluding carboxylic acids is 1. The van der Waals surface area contributed by atoms with E-state index in [1.165, 1.54) is 0 Å². The number of carbonyl (C=O) groups is 1. The minimum absolute atomic E-state index is 0.0294. The van der Waals surface area contributed by atoms with Gasteiger partial charge < -0.3 is 9.47 Å². The van der Waals surface area contributed by atoms with Gasteiger partial charge >= 0.3 is 5.97 Å². The van der Waals surface area contributed by atoms with Crippen molar-refractivity contribution in [3.63, 3.8) is 0 Å². The van der Waals surface area contributed by atoms with Crippen LogP contribution in [0, 0.1) is 6.92 Å². The van der Waals surface area contributed by atoms with Crippen molar-refractivity contribution < 1.29 is 14.3 Å². The van der Waals surface area contributed by atoms with E-state index in [1.54, 1.807) is 12.1 Å². The van der Waals surface area contributed by atoms with Crippen LogP contribution in [0.5, 0.6) is 11.5 Å². The van der Waals surface area contributed by atoms with Gasteiger partial charge in [-0.1, -0.05) is 50.1 Å². The highest BCUT2D eigenvalue weighted by molar-refractivity contribution is 6.33. The molecule has 1 aliphatic heterocycles. The molecule has 0 atom stereocenters. The van der Waals surface area contributed by atoms with Gasteiger partial charge in [-0.3, -0.25) is 4.90 Å². The summed E-state index contributed by atoms with van der Waals surface area (Å²) < 4.78 is 11.9. The summed E-state index contributed by atoms with van der Waals surface area (Å²) in [5.41, 5.74) is 3.28. The molecule has 4 nitrogen and oxygen atoms in total. The van der Waals surface area contributed by atoms with Gasteiger partial charge in [-0.2, -0.15) is 0 Å². The normalized spacial score (nSPS) is 13.9. The van der Waals surface area contributed by atoms with Crippen LogP contribution in [-0.4, -0.2) is 23.0 Å². The van der Waals surface area contributed by atoms with Gasteiger partial charge in [0.15, 0.2) is 0 Å². The predicted octanol–water partition coefficient (Wildman–Crippen LogP) is 6.55. The van der Waals surface area contributed by atoms with Crippen LogP contribution in [0.25, 0.3) is 0 Å². The molecule has 1 aliphatic rings. The number of halogens is 1. The highest BCUT2D eigenvalue weighted by Gasteiger charge is 2.37. The van der Waals surface area contributed by atoms with Gasteiger partial charge in [0.1, 0.15) is 17.1 Å². The Bertz CT molecular complexity index is 909. The van der Waals surface area contributed by atoms with Crippen molar-refractivity contribution in [2.45, 2.75) is 72.5 Å². The van der Waals surface area contributed by atoms with Crippen molar-refractivity contribution >= 4 is 17.6 Å². The number of nitrogens with zero attached hydrogens (tertiary/aromatic N) is 1. The summed E-state index contributed by atoms with van der Waals surface area (Å²) in [7, 11) is 0. The molecule has 0 fully saturated rings. The van der Waals surface area contributed by atoms with Crippen molar-refractivity contribution in [3.8, 4) is 11.5 Å². The van der Waals surface area contributed by atoms with Crippen LogP contribution in [0.15, 0.2) is 30.3 Å². The molecule has 0 bridgehead atoms. The van der Waals surface area contributed by atoms with Crippen molar-refractivity contribution in [1.82, 2.24) is 4.90 Å². The van der Waals surface area contributed by atoms with Crippen LogP contribution in [-0.2, 0) is 13.1 Å². The van der Waals surface area contributed by atoms with E-state index in [1.807, 2.05) is 25.1 Å². The lowest BCUT2D eigenvalue weighted by Crippen LogP contribution is -2.39. The Morgan fingerprint density at radius 2 is 1.80 bits per heavy atom. The molecule has 0 aliphatic carbocycles. The third-order valence-electron chi connectivity index (χ3n) is 6.16. The monoisotopic (exact) mass is 429 g/mol. The van der Waals surface area contributed by atoms with Gasteiger partial charge in [0.2, 0.25) is 0 Å². The molecule has 0 unspecified atom stereocenters. The minimum Gasteiger partial charge on any atom is -0.492 e. The maximum Gasteiger partial charge on any atom is 0.347 e. The molecule has 162 valence electrons. The third kappa shape index (κ3) is 4.50. The SMILES string of the molecule is CCCCOc1c2c(c(Cl)c(C)c1C(=O)Oc1ccccc1)CN(C(C)(C)CC)C2. The van der Waals surface area contributed by atoms with Gasteiger partial charge in [-0.25, -0.2) is 4.79 Å². The molecule has 0 saturated carbocycles. The van der Waals surface area contributed by atoms with E-state index in [0.29, 0.717) is 35.2 Å². The molecule has 2 aromatic carbocycles. The lowest BCUT2D eigenvalue weighted by atomic mass is 9.98. The first kappa shape index (κ1) is 22.6. The number of para-hydroxylation sites is 1. The molecule has 0 aromatic heterocycles. The van der Waals surface area contributed by atoms with E-state index in [0.717, 1.165) is 42.5 Å². The second-order valence-corrected chi connectivity index (χ2v) is 8.90. The molecule has 2 aromatic rings. The Hall–Kier alpha value is -2.04. The fourth-order valence-corrected chi connectivity index (χ4v) is 3.99. The summed E-state index contributed by atoms with van der Waals surface area (Å²) >= 11 is 6.79. The van der Waals surface area contributed by atoms with Gasteiger partial charge in [0, 0.05) is 29.2 Å². The second-order valence-electron chi connectivity index (χ2n) is 8.53. The molecule has 0 N–H and O–H groups in total. The molecule has 30 heavy (non-hydrogen) atoms. The predicted molar refractivity (Wildman–Crippen MR) is 122 cm³/mol. The van der Waals surface area contributed by atoms with Gasteiger partial charge in [-0.05, 0) is 56.9 Å². The van der Waals surface area contributed by atoms with Crippen LogP contribution < -0.4 is 9.47 Å². The summed E-state index contributed by atoms with van der Waals surface area (Å²) in [6, 6.07) is 9.11. The third-order valence-corrected chi connectivity index (χ3v) is 6.67. The lowest BCUT2D eigenvalue weighted by molar-refractivity contribution is 0.0729. The van der Waals surface area contributed by atoms with E-state index in [-0.39, 0.29) is 5.54 Å². The number of unbranched alkanes of at least 4 members (excludes halogenated alkanes) is 1. The first-order valence-electron chi connectivity index (χ1n) is 10.8. The maximum absolute atomic E-state index is 13.2. The highest BCUT2D eigenvalue weighted by atomic mass is 35.5. The number of esters is 1. The van der Waals surface area contributed by atoms with Gasteiger partial charge in [-0.15, -0.1) is 0 Å². The maximum atomic E-state index is 13.2. The summed E-state index contributed by atoms with van der Waals surface area (Å²) in [5, 5.41) is 0.641. The molecule has 5 heteroatoms. The first-order valence-corrected chi connectivity index (χ1v) is 11.2. The standard InChI is InChI=1S/C25H32ClNO3/c1-6-8-14-29-23-20-16-27(25(4,5)7-2)15-19(20)22(26)17(3)21(23)24(28)30-18-12-10-9-11-13-18/h9-13H,6-8,14-16H2,1-5H3. The molecule has 0 spiro atoms. The fraction of sp³-hybridized carbons (Fsp3) is 0.480. The van der Waals surface area contributed by atoms with Crippen molar-refractivity contribution in [3.05, 3.63) is 57.6 Å². The molecule has 0 saturated heterocycles. The zero-order valence-corrected chi connectivity index (χ0v) is 19.4. The summed E-state index contributed by atoms with van der Waals surface area (Å²) in [6.07, 6.45) is 2.97. The van der Waals surface area contributed by atoms with Crippen LogP contribution in [0.2, 0.25) is 5.02 Å². The van der Waals surface area contributed by atoms with Crippen molar-refractivity contribution in [2.75, 3.05) is 6.61 Å². The Morgan fingerprint density at radius 1 is 1.13 bits per heavy atom. The summed E-state index contributed by atoms with van der Waals surface area (Å²) in [4.78, 5) is 15.6. The van der Waals surface area contributed by atoms with E-state index >= 15 is 0 Å². The Morgan fingerprint density at radius 3 is 2.43 bits per heavy atom. The van der Waals surface area contributed by atoms with Crippen LogP contribution in [0.4, 0.5) is 0 Å². The molecular weight excluding hydrogens is 398 g/mol. The Labute approximate surface area is 185 Å². The summed E-state index contributed by atoms with van der Waals surface area (Å²) in [6.45, 7) is 12.7. The van der Waals surface area contributed by atoms with Crippen LogP contribution in [0.1, 0.15) is 74.0 Å².